The molecule has 1 amide bonds. The van der Waals surface area contributed by atoms with Crippen molar-refractivity contribution in [3.63, 3.8) is 0 Å². The van der Waals surface area contributed by atoms with Crippen LogP contribution in [0.5, 0.6) is 5.75 Å². The van der Waals surface area contributed by atoms with E-state index in [1.54, 1.807) is 36.4 Å². The van der Waals surface area contributed by atoms with Crippen LogP contribution in [0, 0.1) is 11.3 Å². The summed E-state index contributed by atoms with van der Waals surface area (Å²) in [6.07, 6.45) is 1.24. The Bertz CT molecular complexity index is 1630. The minimum absolute atomic E-state index is 0.0242. The summed E-state index contributed by atoms with van der Waals surface area (Å²) >= 11 is 12.1. The van der Waals surface area contributed by atoms with Gasteiger partial charge in [-0.15, -0.1) is 0 Å². The molecule has 4 aromatic carbocycles. The van der Waals surface area contributed by atoms with E-state index in [-0.39, 0.29) is 37.5 Å². The Hall–Kier alpha value is -3.83. The predicted molar refractivity (Wildman–Crippen MR) is 137 cm³/mol. The Kier molecular flexibility index (Phi) is 7.08. The van der Waals surface area contributed by atoms with E-state index < -0.39 is 16.0 Å². The van der Waals surface area contributed by atoms with Gasteiger partial charge in [-0.1, -0.05) is 77.8 Å². The average Bonchev–Trinajstić information content (AvgIpc) is 2.85. The molecule has 0 radical (unpaired) electrons. The molecule has 1 N–H and O–H groups in total. The maximum atomic E-state index is 13.0. The Morgan fingerprint density at radius 1 is 0.914 bits per heavy atom. The van der Waals surface area contributed by atoms with Gasteiger partial charge >= 0.3 is 10.1 Å². The van der Waals surface area contributed by atoms with Crippen molar-refractivity contribution in [3.05, 3.63) is 106 Å². The molecule has 4 aromatic rings. The number of carbonyl (C=O) groups is 1. The van der Waals surface area contributed by atoms with Gasteiger partial charge in [0.25, 0.3) is 5.91 Å². The molecule has 0 atom stereocenters. The minimum Gasteiger partial charge on any atom is -0.378 e. The fourth-order valence-corrected chi connectivity index (χ4v) is 4.60. The standard InChI is InChI=1S/C26H16Cl2N2O4S/c27-22-9-5-10-23(25(22)28)30-26(31)20(16-29)14-19-8-3-4-11-24(19)34-35(32,33)21-13-12-17-6-1-2-7-18(17)15-21/h1-15H,(H,30,31)/b20-14+. The molecule has 0 aliphatic heterocycles. The molecule has 0 spiro atoms. The van der Waals surface area contributed by atoms with Crippen molar-refractivity contribution in [2.45, 2.75) is 4.90 Å². The highest BCUT2D eigenvalue weighted by molar-refractivity contribution is 7.87. The molecule has 4 rings (SSSR count). The third kappa shape index (κ3) is 5.47. The molecule has 0 heterocycles. The van der Waals surface area contributed by atoms with Crippen molar-refractivity contribution < 1.29 is 17.4 Å². The first kappa shape index (κ1) is 24.3. The van der Waals surface area contributed by atoms with Crippen LogP contribution >= 0.6 is 23.2 Å². The fourth-order valence-electron chi connectivity index (χ4n) is 3.26. The molecule has 6 nitrogen and oxygen atoms in total. The van der Waals surface area contributed by atoms with Gasteiger partial charge in [0.2, 0.25) is 0 Å². The first-order valence-electron chi connectivity index (χ1n) is 10.2. The van der Waals surface area contributed by atoms with Gasteiger partial charge in [-0.2, -0.15) is 13.7 Å². The quantitative estimate of drug-likeness (QED) is 0.178. The lowest BCUT2D eigenvalue weighted by atomic mass is 10.1. The van der Waals surface area contributed by atoms with E-state index in [0.29, 0.717) is 0 Å². The SMILES string of the molecule is N#C/C(=C\c1ccccc1OS(=O)(=O)c1ccc2ccccc2c1)C(=O)Nc1cccc(Cl)c1Cl. The number of amides is 1. The lowest BCUT2D eigenvalue weighted by Crippen LogP contribution is -2.14. The van der Waals surface area contributed by atoms with Gasteiger partial charge in [0.1, 0.15) is 22.3 Å². The van der Waals surface area contributed by atoms with Crippen LogP contribution in [0.4, 0.5) is 5.69 Å². The predicted octanol–water partition coefficient (Wildman–Crippen LogP) is 6.46. The molecule has 0 saturated carbocycles. The zero-order chi connectivity index (χ0) is 25.0. The molecule has 0 saturated heterocycles. The number of hydrogen-bond donors (Lipinski definition) is 1. The number of nitriles is 1. The molecule has 0 aliphatic rings. The Balaban J connectivity index is 1.64. The number of nitrogens with one attached hydrogen (secondary N) is 1. The molecule has 0 aliphatic carbocycles. The number of carbonyl (C=O) groups excluding carboxylic acids is 1. The smallest absolute Gasteiger partial charge is 0.339 e. The van der Waals surface area contributed by atoms with Gasteiger partial charge in [0.15, 0.2) is 0 Å². The molecule has 35 heavy (non-hydrogen) atoms. The van der Waals surface area contributed by atoms with Gasteiger partial charge < -0.3 is 9.50 Å². The van der Waals surface area contributed by atoms with Crippen LogP contribution < -0.4 is 9.50 Å². The number of hydrogen-bond acceptors (Lipinski definition) is 5. The lowest BCUT2D eigenvalue weighted by Gasteiger charge is -2.11. The summed E-state index contributed by atoms with van der Waals surface area (Å²) in [4.78, 5) is 12.7. The first-order chi connectivity index (χ1) is 16.8. The number of nitrogens with zero attached hydrogens (tertiary/aromatic N) is 1. The third-order valence-electron chi connectivity index (χ3n) is 4.99. The van der Waals surface area contributed by atoms with E-state index in [0.717, 1.165) is 10.8 Å². The molecule has 0 bridgehead atoms. The van der Waals surface area contributed by atoms with Crippen LogP contribution in [0.1, 0.15) is 5.56 Å². The van der Waals surface area contributed by atoms with Crippen molar-refractivity contribution in [2.24, 2.45) is 0 Å². The molecular formula is C26H16Cl2N2O4S. The van der Waals surface area contributed by atoms with Gasteiger partial charge in [0, 0.05) is 5.56 Å². The van der Waals surface area contributed by atoms with E-state index in [1.807, 2.05) is 24.3 Å². The minimum atomic E-state index is -4.19. The number of rotatable bonds is 6. The summed E-state index contributed by atoms with van der Waals surface area (Å²) in [7, 11) is -4.19. The van der Waals surface area contributed by atoms with Gasteiger partial charge in [-0.25, -0.2) is 0 Å². The van der Waals surface area contributed by atoms with E-state index in [4.69, 9.17) is 27.4 Å². The number of benzene rings is 4. The van der Waals surface area contributed by atoms with Crippen LogP contribution in [0.2, 0.25) is 10.0 Å². The second kappa shape index (κ2) is 10.2. The second-order valence-corrected chi connectivity index (χ2v) is 9.64. The summed E-state index contributed by atoms with van der Waals surface area (Å²) in [5, 5.41) is 14.1. The van der Waals surface area contributed by atoms with Crippen molar-refractivity contribution in [1.82, 2.24) is 0 Å². The summed E-state index contributed by atoms with van der Waals surface area (Å²) in [6.45, 7) is 0. The van der Waals surface area contributed by atoms with E-state index >= 15 is 0 Å². The third-order valence-corrected chi connectivity index (χ3v) is 7.04. The summed E-state index contributed by atoms with van der Waals surface area (Å²) in [5.74, 6) is -0.786. The number of halogens is 2. The van der Waals surface area contributed by atoms with Crippen molar-refractivity contribution in [3.8, 4) is 11.8 Å². The highest BCUT2D eigenvalue weighted by Gasteiger charge is 2.20. The van der Waals surface area contributed by atoms with Crippen LogP contribution in [0.15, 0.2) is 95.4 Å². The first-order valence-corrected chi connectivity index (χ1v) is 12.3. The van der Waals surface area contributed by atoms with Crippen molar-refractivity contribution in [1.29, 1.82) is 5.26 Å². The van der Waals surface area contributed by atoms with E-state index in [9.17, 15) is 18.5 Å². The van der Waals surface area contributed by atoms with Gasteiger partial charge in [0.05, 0.1) is 15.7 Å². The van der Waals surface area contributed by atoms with E-state index in [2.05, 4.69) is 5.32 Å². The highest BCUT2D eigenvalue weighted by Crippen LogP contribution is 2.30. The Labute approximate surface area is 212 Å². The molecule has 9 heteroatoms. The van der Waals surface area contributed by atoms with Crippen molar-refractivity contribution >= 4 is 61.8 Å². The Morgan fingerprint density at radius 2 is 1.63 bits per heavy atom. The van der Waals surface area contributed by atoms with E-state index in [1.165, 1.54) is 36.4 Å². The summed E-state index contributed by atoms with van der Waals surface area (Å²) in [5.41, 5.74) is 0.162. The molecule has 0 unspecified atom stereocenters. The molecular weight excluding hydrogens is 507 g/mol. The lowest BCUT2D eigenvalue weighted by molar-refractivity contribution is -0.112. The van der Waals surface area contributed by atoms with Crippen LogP contribution in [0.3, 0.4) is 0 Å². The normalized spacial score (nSPS) is 11.6. The van der Waals surface area contributed by atoms with Gasteiger partial charge in [-0.05, 0) is 47.2 Å². The van der Waals surface area contributed by atoms with Crippen molar-refractivity contribution in [2.75, 3.05) is 5.32 Å². The highest BCUT2D eigenvalue weighted by atomic mass is 35.5. The number of anilines is 1. The molecule has 174 valence electrons. The van der Waals surface area contributed by atoms with Crippen LogP contribution in [-0.2, 0) is 14.9 Å². The topological polar surface area (TPSA) is 96.3 Å². The molecule has 0 fully saturated rings. The second-order valence-electron chi connectivity index (χ2n) is 7.31. The Morgan fingerprint density at radius 3 is 2.40 bits per heavy atom. The molecule has 0 aromatic heterocycles. The maximum absolute atomic E-state index is 13.0. The monoisotopic (exact) mass is 522 g/mol. The largest absolute Gasteiger partial charge is 0.378 e. The summed E-state index contributed by atoms with van der Waals surface area (Å²) in [6, 6.07) is 24.7. The fraction of sp³-hybridized carbons (Fsp3) is 0. The number of para-hydroxylation sites is 1. The zero-order valence-electron chi connectivity index (χ0n) is 17.9. The average molecular weight is 523 g/mol. The van der Waals surface area contributed by atoms with Gasteiger partial charge in [-0.3, -0.25) is 4.79 Å². The maximum Gasteiger partial charge on any atom is 0.339 e. The summed E-state index contributed by atoms with van der Waals surface area (Å²) < 4.78 is 31.4. The zero-order valence-corrected chi connectivity index (χ0v) is 20.2. The van der Waals surface area contributed by atoms with Crippen LogP contribution in [-0.4, -0.2) is 14.3 Å². The number of fused-ring (bicyclic) bond motifs is 1. The van der Waals surface area contributed by atoms with Crippen LogP contribution in [0.25, 0.3) is 16.8 Å².